The maximum absolute atomic E-state index is 11.4. The molecule has 0 atom stereocenters. The molecule has 0 spiro atoms. The summed E-state index contributed by atoms with van der Waals surface area (Å²) >= 11 is 0. The van der Waals surface area contributed by atoms with Crippen LogP contribution in [-0.4, -0.2) is 34.2 Å². The number of rotatable bonds is 4. The van der Waals surface area contributed by atoms with Gasteiger partial charge in [0.25, 0.3) is 0 Å². The van der Waals surface area contributed by atoms with Crippen molar-refractivity contribution in [3.05, 3.63) is 30.6 Å². The number of aromatic nitrogens is 2. The maximum atomic E-state index is 11.4. The highest BCUT2D eigenvalue weighted by Crippen LogP contribution is 2.13. The van der Waals surface area contributed by atoms with Crippen molar-refractivity contribution in [2.24, 2.45) is 0 Å². The minimum absolute atomic E-state index is 0.358. The van der Waals surface area contributed by atoms with E-state index in [-0.39, 0.29) is 0 Å². The Morgan fingerprint density at radius 2 is 2.20 bits per heavy atom. The summed E-state index contributed by atoms with van der Waals surface area (Å²) in [7, 11) is 0. The van der Waals surface area contributed by atoms with E-state index in [9.17, 15) is 4.79 Å². The predicted octanol–water partition coefficient (Wildman–Crippen LogP) is 2.24. The number of ether oxygens (including phenoxy) is 2. The highest BCUT2D eigenvalue weighted by molar-refractivity contribution is 5.67. The summed E-state index contributed by atoms with van der Waals surface area (Å²) in [4.78, 5) is 15.6. The van der Waals surface area contributed by atoms with Crippen molar-refractivity contribution >= 4 is 11.7 Å². The van der Waals surface area contributed by atoms with Gasteiger partial charge in [-0.2, -0.15) is 0 Å². The molecule has 108 valence electrons. The van der Waals surface area contributed by atoms with E-state index < -0.39 is 11.7 Å². The number of hydrogen-bond acceptors (Lipinski definition) is 4. The van der Waals surface area contributed by atoms with Gasteiger partial charge >= 0.3 is 6.09 Å². The van der Waals surface area contributed by atoms with Crippen LogP contribution in [0.2, 0.25) is 0 Å². The zero-order valence-electron chi connectivity index (χ0n) is 11.9. The van der Waals surface area contributed by atoms with E-state index in [1.54, 1.807) is 6.20 Å². The molecular formula is C14H19N3O3. The van der Waals surface area contributed by atoms with Crippen LogP contribution in [0, 0.1) is 0 Å². The minimum Gasteiger partial charge on any atom is -0.477 e. The number of carbonyl (C=O) groups excluding carboxylic acids is 1. The van der Waals surface area contributed by atoms with Crippen LogP contribution >= 0.6 is 0 Å². The molecular weight excluding hydrogens is 258 g/mol. The minimum atomic E-state index is -0.493. The molecule has 0 saturated carbocycles. The molecule has 0 aromatic carbocycles. The monoisotopic (exact) mass is 277 g/mol. The zero-order chi connectivity index (χ0) is 14.6. The highest BCUT2D eigenvalue weighted by atomic mass is 16.6. The zero-order valence-corrected chi connectivity index (χ0v) is 11.9. The first-order valence-corrected chi connectivity index (χ1v) is 6.47. The predicted molar refractivity (Wildman–Crippen MR) is 74.9 cm³/mol. The largest absolute Gasteiger partial charge is 0.477 e. The van der Waals surface area contributed by atoms with E-state index in [4.69, 9.17) is 9.47 Å². The molecule has 0 aliphatic carbocycles. The summed E-state index contributed by atoms with van der Waals surface area (Å²) in [6, 6.07) is 5.62. The molecule has 1 amide bonds. The van der Waals surface area contributed by atoms with E-state index in [2.05, 4.69) is 10.3 Å². The molecule has 0 saturated heterocycles. The summed E-state index contributed by atoms with van der Waals surface area (Å²) in [6.45, 7) is 6.20. The first-order chi connectivity index (χ1) is 9.46. The third-order valence-corrected chi connectivity index (χ3v) is 2.41. The van der Waals surface area contributed by atoms with Crippen LogP contribution in [0.15, 0.2) is 30.6 Å². The smallest absolute Gasteiger partial charge is 0.407 e. The Kier molecular flexibility index (Phi) is 4.12. The van der Waals surface area contributed by atoms with Crippen molar-refractivity contribution in [2.45, 2.75) is 26.4 Å². The lowest BCUT2D eigenvalue weighted by Gasteiger charge is -2.19. The van der Waals surface area contributed by atoms with Crippen LogP contribution in [-0.2, 0) is 4.74 Å². The Hall–Kier alpha value is -2.24. The number of fused-ring (bicyclic) bond motifs is 1. The van der Waals surface area contributed by atoms with Crippen molar-refractivity contribution in [1.82, 2.24) is 14.7 Å². The molecule has 0 aliphatic rings. The van der Waals surface area contributed by atoms with Gasteiger partial charge in [0.05, 0.1) is 6.54 Å². The molecule has 2 aromatic heterocycles. The average molecular weight is 277 g/mol. The van der Waals surface area contributed by atoms with Crippen LogP contribution < -0.4 is 10.1 Å². The number of hydrogen-bond donors (Lipinski definition) is 1. The summed E-state index contributed by atoms with van der Waals surface area (Å²) < 4.78 is 12.6. The van der Waals surface area contributed by atoms with Gasteiger partial charge in [0.15, 0.2) is 5.88 Å². The number of amides is 1. The SMILES string of the molecule is CC(C)(C)OC(=O)NCCOc1cccc2nccn12. The van der Waals surface area contributed by atoms with Crippen LogP contribution in [0.3, 0.4) is 0 Å². The fourth-order valence-electron chi connectivity index (χ4n) is 1.66. The normalized spacial score (nSPS) is 11.3. The van der Waals surface area contributed by atoms with E-state index in [1.807, 2.05) is 49.6 Å². The van der Waals surface area contributed by atoms with Crippen molar-refractivity contribution in [1.29, 1.82) is 0 Å². The number of carbonyl (C=O) groups is 1. The third-order valence-electron chi connectivity index (χ3n) is 2.41. The summed E-state index contributed by atoms with van der Waals surface area (Å²) in [6.07, 6.45) is 3.09. The van der Waals surface area contributed by atoms with Crippen molar-refractivity contribution < 1.29 is 14.3 Å². The summed E-state index contributed by atoms with van der Waals surface area (Å²) in [5.74, 6) is 0.686. The molecule has 0 radical (unpaired) electrons. The van der Waals surface area contributed by atoms with Crippen molar-refractivity contribution in [2.75, 3.05) is 13.2 Å². The first kappa shape index (κ1) is 14.2. The van der Waals surface area contributed by atoms with Gasteiger partial charge in [-0.3, -0.25) is 4.40 Å². The van der Waals surface area contributed by atoms with Crippen LogP contribution in [0.1, 0.15) is 20.8 Å². The lowest BCUT2D eigenvalue weighted by atomic mass is 10.2. The standard InChI is InChI=1S/C14H19N3O3/c1-14(2,3)20-13(18)16-8-10-19-12-6-4-5-11-15-7-9-17(11)12/h4-7,9H,8,10H2,1-3H3,(H,16,18). The lowest BCUT2D eigenvalue weighted by Crippen LogP contribution is -2.34. The number of nitrogens with zero attached hydrogens (tertiary/aromatic N) is 2. The Morgan fingerprint density at radius 3 is 2.95 bits per heavy atom. The number of nitrogens with one attached hydrogen (secondary N) is 1. The molecule has 2 rings (SSSR count). The Balaban J connectivity index is 1.79. The molecule has 6 heteroatoms. The number of pyridine rings is 1. The van der Waals surface area contributed by atoms with Gasteiger partial charge in [0.2, 0.25) is 0 Å². The molecule has 0 aliphatic heterocycles. The second-order valence-electron chi connectivity index (χ2n) is 5.30. The topological polar surface area (TPSA) is 64.9 Å². The second-order valence-corrected chi connectivity index (χ2v) is 5.30. The molecule has 1 N–H and O–H groups in total. The summed E-state index contributed by atoms with van der Waals surface area (Å²) in [5, 5.41) is 2.64. The van der Waals surface area contributed by atoms with Crippen LogP contribution in [0.5, 0.6) is 5.88 Å². The molecule has 6 nitrogen and oxygen atoms in total. The van der Waals surface area contributed by atoms with Crippen molar-refractivity contribution in [3.63, 3.8) is 0 Å². The fourth-order valence-corrected chi connectivity index (χ4v) is 1.66. The van der Waals surface area contributed by atoms with Gasteiger partial charge in [-0.25, -0.2) is 9.78 Å². The van der Waals surface area contributed by atoms with E-state index in [0.29, 0.717) is 19.0 Å². The van der Waals surface area contributed by atoms with Crippen LogP contribution in [0.25, 0.3) is 5.65 Å². The van der Waals surface area contributed by atoms with Gasteiger partial charge in [0, 0.05) is 12.4 Å². The van der Waals surface area contributed by atoms with Gasteiger partial charge in [0.1, 0.15) is 17.9 Å². The number of alkyl carbamates (subject to hydrolysis) is 1. The van der Waals surface area contributed by atoms with Crippen molar-refractivity contribution in [3.8, 4) is 5.88 Å². The molecule has 20 heavy (non-hydrogen) atoms. The van der Waals surface area contributed by atoms with E-state index >= 15 is 0 Å². The maximum Gasteiger partial charge on any atom is 0.407 e. The Morgan fingerprint density at radius 1 is 1.40 bits per heavy atom. The third kappa shape index (κ3) is 3.88. The van der Waals surface area contributed by atoms with Gasteiger partial charge in [-0.05, 0) is 32.9 Å². The van der Waals surface area contributed by atoms with Gasteiger partial charge < -0.3 is 14.8 Å². The highest BCUT2D eigenvalue weighted by Gasteiger charge is 2.15. The second kappa shape index (κ2) is 5.81. The molecule has 0 fully saturated rings. The van der Waals surface area contributed by atoms with Gasteiger partial charge in [-0.15, -0.1) is 0 Å². The lowest BCUT2D eigenvalue weighted by molar-refractivity contribution is 0.0520. The van der Waals surface area contributed by atoms with E-state index in [1.165, 1.54) is 0 Å². The Bertz CT molecular complexity index is 587. The molecule has 0 bridgehead atoms. The quantitative estimate of drug-likeness (QED) is 0.870. The van der Waals surface area contributed by atoms with Gasteiger partial charge in [-0.1, -0.05) is 6.07 Å². The van der Waals surface area contributed by atoms with E-state index in [0.717, 1.165) is 5.65 Å². The van der Waals surface area contributed by atoms with Crippen LogP contribution in [0.4, 0.5) is 4.79 Å². The summed E-state index contributed by atoms with van der Waals surface area (Å²) in [5.41, 5.74) is 0.329. The fraction of sp³-hybridized carbons (Fsp3) is 0.429. The first-order valence-electron chi connectivity index (χ1n) is 6.47. The number of imidazole rings is 1. The molecule has 2 heterocycles. The average Bonchev–Trinajstić information content (AvgIpc) is 2.81. The Labute approximate surface area is 117 Å². The molecule has 2 aromatic rings. The molecule has 0 unspecified atom stereocenters.